The SMILES string of the molecule is O=C(Nc1ccc(F)cc1)c1nnc(C(=O)N2CCCC(C(=O)NCc3cccnc3)C2)s1. The Bertz CT molecular complexity index is 1140. The molecule has 33 heavy (non-hydrogen) atoms. The second kappa shape index (κ2) is 10.3. The summed E-state index contributed by atoms with van der Waals surface area (Å²) < 4.78 is 13.0. The van der Waals surface area contributed by atoms with Crippen LogP contribution in [0.1, 0.15) is 38.0 Å². The van der Waals surface area contributed by atoms with Gasteiger partial charge in [-0.05, 0) is 48.7 Å². The number of hydrogen-bond acceptors (Lipinski definition) is 7. The van der Waals surface area contributed by atoms with Crippen molar-refractivity contribution in [3.63, 3.8) is 0 Å². The average Bonchev–Trinajstić information content (AvgIpc) is 3.35. The minimum absolute atomic E-state index is 0.0189. The lowest BCUT2D eigenvalue weighted by Gasteiger charge is -2.31. The monoisotopic (exact) mass is 468 g/mol. The predicted octanol–water partition coefficient (Wildman–Crippen LogP) is 2.49. The number of hydrogen-bond donors (Lipinski definition) is 2. The molecule has 2 aromatic heterocycles. The molecule has 170 valence electrons. The van der Waals surface area contributed by atoms with E-state index < -0.39 is 11.7 Å². The standard InChI is InChI=1S/C22H21FN6O3S/c23-16-5-7-17(8-6-16)26-19(31)20-27-28-21(33-20)22(32)29-10-2-4-15(13-29)18(30)25-12-14-3-1-9-24-11-14/h1,3,5-9,11,15H,2,4,10,12-13H2,(H,25,30)(H,26,31). The number of benzene rings is 1. The molecule has 11 heteroatoms. The van der Waals surface area contributed by atoms with Gasteiger partial charge >= 0.3 is 0 Å². The molecule has 0 radical (unpaired) electrons. The molecule has 1 fully saturated rings. The second-order valence-electron chi connectivity index (χ2n) is 7.54. The van der Waals surface area contributed by atoms with Crippen LogP contribution in [0.15, 0.2) is 48.8 Å². The number of carbonyl (C=O) groups excluding carboxylic acids is 3. The number of carbonyl (C=O) groups is 3. The van der Waals surface area contributed by atoms with Crippen molar-refractivity contribution in [1.29, 1.82) is 0 Å². The highest BCUT2D eigenvalue weighted by molar-refractivity contribution is 7.15. The Morgan fingerprint density at radius 2 is 1.91 bits per heavy atom. The summed E-state index contributed by atoms with van der Waals surface area (Å²) in [6.45, 7) is 1.15. The van der Waals surface area contributed by atoms with E-state index in [1.807, 2.05) is 6.07 Å². The van der Waals surface area contributed by atoms with Crippen molar-refractivity contribution in [2.45, 2.75) is 19.4 Å². The van der Waals surface area contributed by atoms with E-state index in [1.165, 1.54) is 24.3 Å². The van der Waals surface area contributed by atoms with E-state index in [4.69, 9.17) is 0 Å². The van der Waals surface area contributed by atoms with E-state index in [-0.39, 0.29) is 34.3 Å². The minimum Gasteiger partial charge on any atom is -0.352 e. The van der Waals surface area contributed by atoms with Crippen LogP contribution in [0.25, 0.3) is 0 Å². The van der Waals surface area contributed by atoms with Crippen LogP contribution in [0.3, 0.4) is 0 Å². The smallest absolute Gasteiger partial charge is 0.286 e. The molecule has 0 bridgehead atoms. The van der Waals surface area contributed by atoms with Gasteiger partial charge < -0.3 is 15.5 Å². The summed E-state index contributed by atoms with van der Waals surface area (Å²) in [6, 6.07) is 8.98. The second-order valence-corrected chi connectivity index (χ2v) is 8.52. The largest absolute Gasteiger partial charge is 0.352 e. The Balaban J connectivity index is 1.33. The van der Waals surface area contributed by atoms with Gasteiger partial charge in [0.1, 0.15) is 5.82 Å². The molecule has 1 unspecified atom stereocenters. The number of amides is 3. The third-order valence-corrected chi connectivity index (χ3v) is 6.08. The summed E-state index contributed by atoms with van der Waals surface area (Å²) in [7, 11) is 0. The van der Waals surface area contributed by atoms with Crippen LogP contribution in [-0.4, -0.2) is 50.9 Å². The van der Waals surface area contributed by atoms with Gasteiger partial charge in [-0.3, -0.25) is 19.4 Å². The van der Waals surface area contributed by atoms with Gasteiger partial charge in [0.05, 0.1) is 5.92 Å². The molecule has 1 saturated heterocycles. The van der Waals surface area contributed by atoms with Crippen LogP contribution in [0.2, 0.25) is 0 Å². The maximum absolute atomic E-state index is 13.0. The normalized spacial score (nSPS) is 15.7. The summed E-state index contributed by atoms with van der Waals surface area (Å²) in [5, 5.41) is 13.3. The molecule has 9 nitrogen and oxygen atoms in total. The van der Waals surface area contributed by atoms with E-state index in [1.54, 1.807) is 23.4 Å². The highest BCUT2D eigenvalue weighted by Gasteiger charge is 2.30. The number of halogens is 1. The van der Waals surface area contributed by atoms with Crippen molar-refractivity contribution < 1.29 is 18.8 Å². The summed E-state index contributed by atoms with van der Waals surface area (Å²) in [6.07, 6.45) is 4.73. The van der Waals surface area contributed by atoms with E-state index in [0.717, 1.165) is 16.9 Å². The quantitative estimate of drug-likeness (QED) is 0.574. The van der Waals surface area contributed by atoms with Crippen molar-refractivity contribution in [3.8, 4) is 0 Å². The molecule has 4 rings (SSSR count). The van der Waals surface area contributed by atoms with Gasteiger partial charge in [-0.1, -0.05) is 17.4 Å². The third-order valence-electron chi connectivity index (χ3n) is 5.17. The van der Waals surface area contributed by atoms with Crippen molar-refractivity contribution in [2.24, 2.45) is 5.92 Å². The first-order valence-electron chi connectivity index (χ1n) is 10.4. The zero-order valence-corrected chi connectivity index (χ0v) is 18.3. The Morgan fingerprint density at radius 3 is 2.67 bits per heavy atom. The number of anilines is 1. The number of aromatic nitrogens is 3. The molecule has 3 heterocycles. The number of nitrogens with zero attached hydrogens (tertiary/aromatic N) is 4. The van der Waals surface area contributed by atoms with Crippen LogP contribution in [0, 0.1) is 11.7 Å². The molecule has 3 aromatic rings. The van der Waals surface area contributed by atoms with Crippen LogP contribution >= 0.6 is 11.3 Å². The van der Waals surface area contributed by atoms with E-state index in [2.05, 4.69) is 25.8 Å². The van der Waals surface area contributed by atoms with Crippen molar-refractivity contribution in [2.75, 3.05) is 18.4 Å². The lowest BCUT2D eigenvalue weighted by Crippen LogP contribution is -2.45. The summed E-state index contributed by atoms with van der Waals surface area (Å²) in [5.74, 6) is -1.76. The lowest BCUT2D eigenvalue weighted by molar-refractivity contribution is -0.126. The van der Waals surface area contributed by atoms with E-state index in [9.17, 15) is 18.8 Å². The molecule has 0 aliphatic carbocycles. The van der Waals surface area contributed by atoms with Crippen molar-refractivity contribution in [1.82, 2.24) is 25.4 Å². The molecule has 1 aliphatic heterocycles. The Labute approximate surface area is 193 Å². The van der Waals surface area contributed by atoms with Crippen molar-refractivity contribution in [3.05, 3.63) is 70.2 Å². The number of rotatable bonds is 6. The topological polar surface area (TPSA) is 117 Å². The van der Waals surface area contributed by atoms with E-state index >= 15 is 0 Å². The summed E-state index contributed by atoms with van der Waals surface area (Å²) in [4.78, 5) is 43.4. The van der Waals surface area contributed by atoms with Gasteiger partial charge in [-0.25, -0.2) is 4.39 Å². The summed E-state index contributed by atoms with van der Waals surface area (Å²) >= 11 is 0.875. The first kappa shape index (κ1) is 22.5. The number of likely N-dealkylation sites (tertiary alicyclic amines) is 1. The van der Waals surface area contributed by atoms with Crippen LogP contribution in [-0.2, 0) is 11.3 Å². The maximum atomic E-state index is 13.0. The first-order chi connectivity index (χ1) is 16.0. The molecule has 0 saturated carbocycles. The maximum Gasteiger partial charge on any atom is 0.286 e. The van der Waals surface area contributed by atoms with E-state index in [0.29, 0.717) is 31.6 Å². The number of pyridine rings is 1. The highest BCUT2D eigenvalue weighted by atomic mass is 32.1. The average molecular weight is 469 g/mol. The first-order valence-corrected chi connectivity index (χ1v) is 11.2. The van der Waals surface area contributed by atoms with Gasteiger partial charge in [0.25, 0.3) is 11.8 Å². The zero-order chi connectivity index (χ0) is 23.2. The Hall–Kier alpha value is -3.73. The molecule has 1 atom stereocenters. The van der Waals surface area contributed by atoms with Gasteiger partial charge in [0.15, 0.2) is 0 Å². The zero-order valence-electron chi connectivity index (χ0n) is 17.5. The van der Waals surface area contributed by atoms with Crippen LogP contribution < -0.4 is 10.6 Å². The Morgan fingerprint density at radius 1 is 1.12 bits per heavy atom. The summed E-state index contributed by atoms with van der Waals surface area (Å²) in [5.41, 5.74) is 1.30. The third kappa shape index (κ3) is 5.75. The number of piperidine rings is 1. The lowest BCUT2D eigenvalue weighted by atomic mass is 9.97. The fourth-order valence-electron chi connectivity index (χ4n) is 3.47. The predicted molar refractivity (Wildman–Crippen MR) is 119 cm³/mol. The fourth-order valence-corrected chi connectivity index (χ4v) is 4.17. The molecule has 3 amide bonds. The molecule has 2 N–H and O–H groups in total. The highest BCUT2D eigenvalue weighted by Crippen LogP contribution is 2.21. The van der Waals surface area contributed by atoms with Crippen LogP contribution in [0.5, 0.6) is 0 Å². The molecule has 1 aromatic carbocycles. The number of nitrogens with one attached hydrogen (secondary N) is 2. The molecule has 0 spiro atoms. The van der Waals surface area contributed by atoms with Gasteiger partial charge in [-0.2, -0.15) is 0 Å². The van der Waals surface area contributed by atoms with Crippen molar-refractivity contribution >= 4 is 34.7 Å². The van der Waals surface area contributed by atoms with Gasteiger partial charge in [-0.15, -0.1) is 10.2 Å². The molecular weight excluding hydrogens is 447 g/mol. The fraction of sp³-hybridized carbons (Fsp3) is 0.273. The van der Waals surface area contributed by atoms with Gasteiger partial charge in [0, 0.05) is 37.7 Å². The molecular formula is C22H21FN6O3S. The molecule has 1 aliphatic rings. The Kier molecular flexibility index (Phi) is 6.98. The van der Waals surface area contributed by atoms with Gasteiger partial charge in [0.2, 0.25) is 15.9 Å². The minimum atomic E-state index is -0.538. The van der Waals surface area contributed by atoms with Crippen LogP contribution in [0.4, 0.5) is 10.1 Å².